The van der Waals surface area contributed by atoms with Crippen LogP contribution in [-0.2, 0) is 4.79 Å². The van der Waals surface area contributed by atoms with Gasteiger partial charge in [0, 0.05) is 5.69 Å². The van der Waals surface area contributed by atoms with Crippen LogP contribution in [-0.4, -0.2) is 18.1 Å². The summed E-state index contributed by atoms with van der Waals surface area (Å²) in [5.74, 6) is 1.07. The number of rotatable bonds is 2. The van der Waals surface area contributed by atoms with E-state index in [4.69, 9.17) is 9.47 Å². The van der Waals surface area contributed by atoms with Gasteiger partial charge in [-0.3, -0.25) is 4.79 Å². The number of nitrogens with one attached hydrogen (secondary N) is 1. The summed E-state index contributed by atoms with van der Waals surface area (Å²) < 4.78 is 11.5. The van der Waals surface area contributed by atoms with Gasteiger partial charge >= 0.3 is 0 Å². The zero-order valence-electron chi connectivity index (χ0n) is 12.0. The van der Waals surface area contributed by atoms with Gasteiger partial charge in [-0.15, -0.1) is 0 Å². The fourth-order valence-corrected chi connectivity index (χ4v) is 2.32. The fraction of sp³-hybridized carbons (Fsp3) is 0.235. The SMILES string of the molecule is Cc1ccccc1NC(=O)C1Oc2ccccc2OC1C. The Morgan fingerprint density at radius 2 is 1.62 bits per heavy atom. The lowest BCUT2D eigenvalue weighted by Gasteiger charge is -2.31. The number of hydrogen-bond donors (Lipinski definition) is 1. The second kappa shape index (κ2) is 5.48. The molecule has 1 N–H and O–H groups in total. The Morgan fingerprint density at radius 1 is 1.00 bits per heavy atom. The molecule has 2 aromatic rings. The molecule has 0 aromatic heterocycles. The van der Waals surface area contributed by atoms with Gasteiger partial charge in [0.05, 0.1) is 0 Å². The van der Waals surface area contributed by atoms with Crippen LogP contribution in [0.3, 0.4) is 0 Å². The summed E-state index contributed by atoms with van der Waals surface area (Å²) in [5, 5.41) is 2.90. The van der Waals surface area contributed by atoms with Gasteiger partial charge in [-0.2, -0.15) is 0 Å². The minimum Gasteiger partial charge on any atom is -0.482 e. The monoisotopic (exact) mass is 283 g/mol. The first-order valence-electron chi connectivity index (χ1n) is 6.94. The van der Waals surface area contributed by atoms with Gasteiger partial charge in [-0.25, -0.2) is 0 Å². The highest BCUT2D eigenvalue weighted by atomic mass is 16.6. The van der Waals surface area contributed by atoms with E-state index in [0.29, 0.717) is 11.5 Å². The number of fused-ring (bicyclic) bond motifs is 1. The Morgan fingerprint density at radius 3 is 2.33 bits per heavy atom. The van der Waals surface area contributed by atoms with Gasteiger partial charge in [0.2, 0.25) is 6.10 Å². The van der Waals surface area contributed by atoms with Crippen molar-refractivity contribution in [2.45, 2.75) is 26.1 Å². The van der Waals surface area contributed by atoms with Crippen LogP contribution in [0.4, 0.5) is 5.69 Å². The van der Waals surface area contributed by atoms with Gasteiger partial charge < -0.3 is 14.8 Å². The number of carbonyl (C=O) groups excluding carboxylic acids is 1. The lowest BCUT2D eigenvalue weighted by Crippen LogP contribution is -2.46. The quantitative estimate of drug-likeness (QED) is 0.921. The molecule has 1 heterocycles. The summed E-state index contributed by atoms with van der Waals surface area (Å²) in [4.78, 5) is 12.4. The third-order valence-electron chi connectivity index (χ3n) is 3.50. The van der Waals surface area contributed by atoms with Gasteiger partial charge in [0.15, 0.2) is 11.5 Å². The van der Waals surface area contributed by atoms with Crippen molar-refractivity contribution >= 4 is 11.6 Å². The number of hydrogen-bond acceptors (Lipinski definition) is 3. The van der Waals surface area contributed by atoms with Crippen LogP contribution >= 0.6 is 0 Å². The van der Waals surface area contributed by atoms with E-state index in [1.54, 1.807) is 6.07 Å². The summed E-state index contributed by atoms with van der Waals surface area (Å²) in [7, 11) is 0. The molecule has 0 radical (unpaired) electrons. The van der Waals surface area contributed by atoms with E-state index in [2.05, 4.69) is 5.32 Å². The van der Waals surface area contributed by atoms with E-state index in [9.17, 15) is 4.79 Å². The molecule has 108 valence electrons. The summed E-state index contributed by atoms with van der Waals surface area (Å²) >= 11 is 0. The van der Waals surface area contributed by atoms with Crippen molar-refractivity contribution in [2.75, 3.05) is 5.32 Å². The highest BCUT2D eigenvalue weighted by Crippen LogP contribution is 2.33. The zero-order valence-corrected chi connectivity index (χ0v) is 12.0. The number of anilines is 1. The molecule has 2 unspecified atom stereocenters. The second-order valence-electron chi connectivity index (χ2n) is 5.11. The number of para-hydroxylation sites is 3. The second-order valence-corrected chi connectivity index (χ2v) is 5.11. The van der Waals surface area contributed by atoms with Crippen LogP contribution in [0.5, 0.6) is 11.5 Å². The molecule has 2 aromatic carbocycles. The topological polar surface area (TPSA) is 47.6 Å². The van der Waals surface area contributed by atoms with Crippen LogP contribution in [0.25, 0.3) is 0 Å². The molecular formula is C17H17NO3. The van der Waals surface area contributed by atoms with E-state index >= 15 is 0 Å². The first kappa shape index (κ1) is 13.5. The van der Waals surface area contributed by atoms with Crippen molar-refractivity contribution in [1.82, 2.24) is 0 Å². The summed E-state index contributed by atoms with van der Waals surface area (Å²) in [6.45, 7) is 3.78. The summed E-state index contributed by atoms with van der Waals surface area (Å²) in [5.41, 5.74) is 1.80. The maximum Gasteiger partial charge on any atom is 0.269 e. The largest absolute Gasteiger partial charge is 0.482 e. The Hall–Kier alpha value is -2.49. The van der Waals surface area contributed by atoms with E-state index in [1.165, 1.54) is 0 Å². The van der Waals surface area contributed by atoms with E-state index in [1.807, 2.05) is 56.3 Å². The van der Waals surface area contributed by atoms with Crippen molar-refractivity contribution in [3.63, 3.8) is 0 Å². The Labute approximate surface area is 123 Å². The number of carbonyl (C=O) groups is 1. The molecule has 0 aliphatic carbocycles. The molecule has 0 saturated heterocycles. The fourth-order valence-electron chi connectivity index (χ4n) is 2.32. The molecule has 1 aliphatic rings. The molecule has 2 atom stereocenters. The lowest BCUT2D eigenvalue weighted by atomic mass is 10.1. The van der Waals surface area contributed by atoms with Crippen molar-refractivity contribution < 1.29 is 14.3 Å². The maximum absolute atomic E-state index is 12.4. The third-order valence-corrected chi connectivity index (χ3v) is 3.50. The smallest absolute Gasteiger partial charge is 0.269 e. The molecule has 0 bridgehead atoms. The molecule has 0 saturated carbocycles. The molecule has 0 spiro atoms. The van der Waals surface area contributed by atoms with Crippen molar-refractivity contribution in [2.24, 2.45) is 0 Å². The van der Waals surface area contributed by atoms with Gasteiger partial charge in [0.1, 0.15) is 6.10 Å². The van der Waals surface area contributed by atoms with Crippen LogP contribution in [0, 0.1) is 6.92 Å². The minimum absolute atomic E-state index is 0.202. The van der Waals surface area contributed by atoms with Gasteiger partial charge in [-0.1, -0.05) is 30.3 Å². The van der Waals surface area contributed by atoms with Crippen LogP contribution in [0.2, 0.25) is 0 Å². The standard InChI is InChI=1S/C17H17NO3/c1-11-7-3-4-8-13(11)18-17(19)16-12(2)20-14-9-5-6-10-15(14)21-16/h3-10,12,16H,1-2H3,(H,18,19). The zero-order chi connectivity index (χ0) is 14.8. The van der Waals surface area contributed by atoms with Crippen molar-refractivity contribution in [3.05, 3.63) is 54.1 Å². The highest BCUT2D eigenvalue weighted by molar-refractivity contribution is 5.95. The molecule has 0 fully saturated rings. The lowest BCUT2D eigenvalue weighted by molar-refractivity contribution is -0.128. The molecule has 4 nitrogen and oxygen atoms in total. The first-order chi connectivity index (χ1) is 10.1. The van der Waals surface area contributed by atoms with Crippen molar-refractivity contribution in [3.8, 4) is 11.5 Å². The predicted octanol–water partition coefficient (Wildman–Crippen LogP) is 3.16. The van der Waals surface area contributed by atoms with Crippen molar-refractivity contribution in [1.29, 1.82) is 0 Å². The van der Waals surface area contributed by atoms with E-state index in [-0.39, 0.29) is 12.0 Å². The van der Waals surface area contributed by atoms with Crippen LogP contribution < -0.4 is 14.8 Å². The number of amides is 1. The Bertz CT molecular complexity index is 669. The summed E-state index contributed by atoms with van der Waals surface area (Å²) in [6, 6.07) is 15.0. The molecular weight excluding hydrogens is 266 g/mol. The molecule has 3 rings (SSSR count). The Balaban J connectivity index is 1.78. The normalized spacial score (nSPS) is 19.9. The third kappa shape index (κ3) is 2.70. The summed E-state index contributed by atoms with van der Waals surface area (Å²) in [6.07, 6.45) is -1.01. The van der Waals surface area contributed by atoms with Crippen LogP contribution in [0.1, 0.15) is 12.5 Å². The van der Waals surface area contributed by atoms with E-state index < -0.39 is 6.10 Å². The molecule has 21 heavy (non-hydrogen) atoms. The maximum atomic E-state index is 12.4. The molecule has 1 amide bonds. The molecule has 4 heteroatoms. The Kier molecular flexibility index (Phi) is 3.52. The first-order valence-corrected chi connectivity index (χ1v) is 6.94. The van der Waals surface area contributed by atoms with E-state index in [0.717, 1.165) is 11.3 Å². The van der Waals surface area contributed by atoms with Gasteiger partial charge in [0.25, 0.3) is 5.91 Å². The average Bonchev–Trinajstić information content (AvgIpc) is 2.49. The number of benzene rings is 2. The molecule has 1 aliphatic heterocycles. The highest BCUT2D eigenvalue weighted by Gasteiger charge is 2.34. The van der Waals surface area contributed by atoms with Crippen LogP contribution in [0.15, 0.2) is 48.5 Å². The van der Waals surface area contributed by atoms with Gasteiger partial charge in [-0.05, 0) is 37.6 Å². The number of aryl methyl sites for hydroxylation is 1. The minimum atomic E-state index is -0.667. The average molecular weight is 283 g/mol. The predicted molar refractivity (Wildman–Crippen MR) is 80.8 cm³/mol. The number of ether oxygens (including phenoxy) is 2.